The van der Waals surface area contributed by atoms with Crippen LogP contribution in [0.5, 0.6) is 0 Å². The molecule has 0 bridgehead atoms. The molecule has 3 amide bonds. The first kappa shape index (κ1) is 35.5. The number of carbonyl (C=O) groups is 3. The molecule has 1 aromatic heterocycles. The number of amides is 3. The summed E-state index contributed by atoms with van der Waals surface area (Å²) in [5.41, 5.74) is 2.61. The number of hydrogen-bond donors (Lipinski definition) is 4. The van der Waals surface area contributed by atoms with Crippen LogP contribution in [0.3, 0.4) is 0 Å². The first-order valence-electron chi connectivity index (χ1n) is 14.4. The summed E-state index contributed by atoms with van der Waals surface area (Å²) >= 11 is 12.3. The Kier molecular flexibility index (Phi) is 10.1. The number of aliphatic hydroxyl groups is 1. The van der Waals surface area contributed by atoms with Crippen LogP contribution in [0, 0.1) is 6.92 Å². The summed E-state index contributed by atoms with van der Waals surface area (Å²) in [6, 6.07) is 14.0. The van der Waals surface area contributed by atoms with E-state index >= 15 is 0 Å². The Labute approximate surface area is 278 Å². The largest absolute Gasteiger partial charge is 0.420 e. The van der Waals surface area contributed by atoms with Crippen molar-refractivity contribution in [3.8, 4) is 5.69 Å². The number of fused-ring (bicyclic) bond motifs is 1. The smallest absolute Gasteiger partial charge is 0.381 e. The van der Waals surface area contributed by atoms with E-state index in [1.807, 2.05) is 0 Å². The van der Waals surface area contributed by atoms with Gasteiger partial charge in [0.05, 0.1) is 46.1 Å². The van der Waals surface area contributed by atoms with Gasteiger partial charge >= 0.3 is 6.18 Å². The van der Waals surface area contributed by atoms with Crippen molar-refractivity contribution < 1.29 is 32.7 Å². The number of nitrogens with one attached hydrogen (secondary N) is 2. The summed E-state index contributed by atoms with van der Waals surface area (Å²) in [5, 5.41) is 21.1. The van der Waals surface area contributed by atoms with Crippen molar-refractivity contribution in [1.82, 2.24) is 20.0 Å². The fraction of sp³-hybridized carbons (Fsp3) is 0.312. The van der Waals surface area contributed by atoms with E-state index in [0.717, 1.165) is 4.90 Å². The number of anilines is 1. The highest BCUT2D eigenvalue weighted by Gasteiger charge is 2.55. The highest BCUT2D eigenvalue weighted by molar-refractivity contribution is 6.39. The van der Waals surface area contributed by atoms with Crippen LogP contribution < -0.4 is 16.4 Å². The summed E-state index contributed by atoms with van der Waals surface area (Å²) in [4.78, 5) is 38.6. The van der Waals surface area contributed by atoms with Gasteiger partial charge in [-0.3, -0.25) is 14.4 Å². The van der Waals surface area contributed by atoms with Gasteiger partial charge in [0.1, 0.15) is 5.54 Å². The van der Waals surface area contributed by atoms with Crippen LogP contribution in [0.1, 0.15) is 47.1 Å². The molecule has 1 unspecified atom stereocenters. The normalized spacial score (nSPS) is 13.2. The second kappa shape index (κ2) is 13.4. The van der Waals surface area contributed by atoms with Crippen molar-refractivity contribution in [2.45, 2.75) is 45.0 Å². The van der Waals surface area contributed by atoms with Crippen LogP contribution >= 0.6 is 23.2 Å². The number of nitrogens with two attached hydrogens (primary N) is 1. The topological polar surface area (TPSA) is 143 Å². The molecule has 0 radical (unpaired) electrons. The Hall–Kier alpha value is -4.33. The average molecular weight is 694 g/mol. The van der Waals surface area contributed by atoms with Gasteiger partial charge in [0.15, 0.2) is 5.60 Å². The van der Waals surface area contributed by atoms with E-state index in [2.05, 4.69) is 15.7 Å². The minimum atomic E-state index is -5.14. The molecule has 15 heteroatoms. The molecule has 4 aromatic rings. The Bertz CT molecular complexity index is 1830. The van der Waals surface area contributed by atoms with Gasteiger partial charge in [-0.25, -0.2) is 4.68 Å². The number of aromatic nitrogens is 2. The Balaban J connectivity index is 1.64. The predicted octanol–water partition coefficient (Wildman–Crippen LogP) is 5.50. The highest BCUT2D eigenvalue weighted by Crippen LogP contribution is 2.35. The first-order chi connectivity index (χ1) is 21.9. The third kappa shape index (κ3) is 7.47. The molecular weight excluding hydrogens is 660 g/mol. The van der Waals surface area contributed by atoms with E-state index in [0.29, 0.717) is 22.2 Å². The third-order valence-corrected chi connectivity index (χ3v) is 8.25. The molecule has 10 nitrogen and oxygen atoms in total. The lowest BCUT2D eigenvalue weighted by molar-refractivity contribution is -0.257. The Morgan fingerprint density at radius 3 is 2.28 bits per heavy atom. The van der Waals surface area contributed by atoms with Gasteiger partial charge < -0.3 is 26.4 Å². The summed E-state index contributed by atoms with van der Waals surface area (Å²) in [7, 11) is 0. The molecule has 3 aromatic carbocycles. The molecule has 0 saturated carbocycles. The van der Waals surface area contributed by atoms with E-state index in [1.165, 1.54) is 55.9 Å². The van der Waals surface area contributed by atoms with Crippen LogP contribution in [-0.2, 0) is 4.79 Å². The second-order valence-electron chi connectivity index (χ2n) is 11.6. The van der Waals surface area contributed by atoms with Crippen molar-refractivity contribution in [2.24, 2.45) is 5.73 Å². The highest BCUT2D eigenvalue weighted by atomic mass is 35.5. The molecule has 4 rings (SSSR count). The van der Waals surface area contributed by atoms with E-state index in [9.17, 15) is 32.7 Å². The Morgan fingerprint density at radius 2 is 1.68 bits per heavy atom. The number of benzene rings is 3. The lowest BCUT2D eigenvalue weighted by atomic mass is 10.0. The molecule has 0 aliphatic rings. The zero-order valence-corrected chi connectivity index (χ0v) is 27.4. The SMILES string of the molecule is CCN(CC(O)(CNc1cc(C)cc2c1cnn2-c1cccc(C(=O)NC(C)(C)C(N)=O)c1)C(F)(F)F)C(=O)c1c(Cl)cccc1Cl. The molecule has 0 spiro atoms. The van der Waals surface area contributed by atoms with Gasteiger partial charge in [-0.2, -0.15) is 18.3 Å². The van der Waals surface area contributed by atoms with Crippen LogP contribution in [0.15, 0.2) is 60.8 Å². The van der Waals surface area contributed by atoms with Crippen molar-refractivity contribution in [1.29, 1.82) is 0 Å². The van der Waals surface area contributed by atoms with Crippen molar-refractivity contribution in [3.05, 3.63) is 87.5 Å². The van der Waals surface area contributed by atoms with Crippen LogP contribution in [0.4, 0.5) is 18.9 Å². The summed E-state index contributed by atoms with van der Waals surface area (Å²) in [6.45, 7) is 3.88. The number of nitrogens with zero attached hydrogens (tertiary/aromatic N) is 3. The number of halogens is 5. The fourth-order valence-corrected chi connectivity index (χ4v) is 5.37. The minimum Gasteiger partial charge on any atom is -0.381 e. The van der Waals surface area contributed by atoms with Gasteiger partial charge in [-0.05, 0) is 75.7 Å². The fourth-order valence-electron chi connectivity index (χ4n) is 4.81. The van der Waals surface area contributed by atoms with Gasteiger partial charge in [-0.1, -0.05) is 35.3 Å². The van der Waals surface area contributed by atoms with Gasteiger partial charge in [-0.15, -0.1) is 0 Å². The van der Waals surface area contributed by atoms with E-state index in [4.69, 9.17) is 28.9 Å². The van der Waals surface area contributed by atoms with Gasteiger partial charge in [0.25, 0.3) is 11.8 Å². The summed E-state index contributed by atoms with van der Waals surface area (Å²) in [6.07, 6.45) is -3.71. The molecule has 1 atom stereocenters. The first-order valence-corrected chi connectivity index (χ1v) is 15.1. The number of rotatable bonds is 11. The molecule has 47 heavy (non-hydrogen) atoms. The van der Waals surface area contributed by atoms with Crippen LogP contribution in [0.25, 0.3) is 16.6 Å². The van der Waals surface area contributed by atoms with E-state index < -0.39 is 48.1 Å². The van der Waals surface area contributed by atoms with Crippen LogP contribution in [-0.4, -0.2) is 74.5 Å². The zero-order valence-electron chi connectivity index (χ0n) is 25.9. The number of aryl methyl sites for hydroxylation is 1. The molecule has 250 valence electrons. The molecule has 0 saturated heterocycles. The number of carbonyl (C=O) groups excluding carboxylic acids is 3. The molecule has 0 aliphatic carbocycles. The quantitative estimate of drug-likeness (QED) is 0.164. The zero-order chi connectivity index (χ0) is 34.9. The van der Waals surface area contributed by atoms with Crippen molar-refractivity contribution >= 4 is 57.5 Å². The Morgan fingerprint density at radius 1 is 1.04 bits per heavy atom. The summed E-state index contributed by atoms with van der Waals surface area (Å²) < 4.78 is 44.8. The molecule has 1 heterocycles. The average Bonchev–Trinajstić information content (AvgIpc) is 3.41. The monoisotopic (exact) mass is 692 g/mol. The van der Waals surface area contributed by atoms with Crippen molar-refractivity contribution in [2.75, 3.05) is 25.0 Å². The maximum absolute atomic E-state index is 14.4. The lowest BCUT2D eigenvalue weighted by Crippen LogP contribution is -2.58. The standard InChI is InChI=1S/C32H33Cl2F3N6O4/c1-5-42(28(45)26-22(33)10-7-11-23(26)34)17-31(47,32(35,36)37)16-39-24-12-18(2)13-25-21(24)15-40-43(25)20-9-6-8-19(14-20)27(44)41-30(3,4)29(38)46/h6-15,39,47H,5,16-17H2,1-4H3,(H2,38,46)(H,41,44). The molecular formula is C32H33Cl2F3N6O4. The minimum absolute atomic E-state index is 0.0329. The predicted molar refractivity (Wildman–Crippen MR) is 174 cm³/mol. The van der Waals surface area contributed by atoms with Gasteiger partial charge in [0.2, 0.25) is 5.91 Å². The van der Waals surface area contributed by atoms with E-state index in [1.54, 1.807) is 37.3 Å². The number of alkyl halides is 3. The van der Waals surface area contributed by atoms with Gasteiger partial charge in [0, 0.05) is 23.2 Å². The third-order valence-electron chi connectivity index (χ3n) is 7.62. The molecule has 5 N–H and O–H groups in total. The second-order valence-corrected chi connectivity index (χ2v) is 12.4. The maximum Gasteiger partial charge on any atom is 0.420 e. The molecule has 0 aliphatic heterocycles. The molecule has 0 fully saturated rings. The van der Waals surface area contributed by atoms with E-state index in [-0.39, 0.29) is 33.4 Å². The summed E-state index contributed by atoms with van der Waals surface area (Å²) in [5.74, 6) is -2.13. The number of hydrogen-bond acceptors (Lipinski definition) is 6. The maximum atomic E-state index is 14.4. The number of likely N-dealkylation sites (N-methyl/N-ethyl adjacent to an activating group) is 1. The van der Waals surface area contributed by atoms with Crippen molar-refractivity contribution in [3.63, 3.8) is 0 Å². The lowest BCUT2D eigenvalue weighted by Gasteiger charge is -2.36. The van der Waals surface area contributed by atoms with Crippen LogP contribution in [0.2, 0.25) is 10.0 Å². The number of primary amides is 1.